The van der Waals surface area contributed by atoms with Crippen molar-refractivity contribution >= 4 is 0 Å². The zero-order chi connectivity index (χ0) is 13.5. The summed E-state index contributed by atoms with van der Waals surface area (Å²) in [5.74, 6) is 0. The molecule has 0 saturated carbocycles. The summed E-state index contributed by atoms with van der Waals surface area (Å²) in [7, 11) is 0. The highest BCUT2D eigenvalue weighted by Gasteiger charge is 2.30. The molecule has 0 spiro atoms. The van der Waals surface area contributed by atoms with Gasteiger partial charge in [-0.05, 0) is 12.1 Å². The van der Waals surface area contributed by atoms with Gasteiger partial charge in [-0.3, -0.25) is 0 Å². The molecule has 1 aliphatic heterocycles. The Bertz CT molecular complexity index is 569. The third kappa shape index (κ3) is 2.33. The molecule has 0 unspecified atom stereocenters. The van der Waals surface area contributed by atoms with Gasteiger partial charge in [-0.15, -0.1) is 5.10 Å². The van der Waals surface area contributed by atoms with Gasteiger partial charge in [-0.25, -0.2) is 4.68 Å². The van der Waals surface area contributed by atoms with Crippen LogP contribution in [0.1, 0.15) is 11.6 Å². The lowest BCUT2D eigenvalue weighted by molar-refractivity contribution is -0.137. The Hall–Kier alpha value is -1.89. The van der Waals surface area contributed by atoms with Crippen LogP contribution < -0.4 is 5.32 Å². The molecular formula is C12H11F3N4. The second kappa shape index (κ2) is 4.34. The molecule has 1 N–H and O–H groups in total. The normalized spacial score (nSPS) is 16.4. The molecule has 1 fully saturated rings. The molecule has 1 aliphatic rings. The van der Waals surface area contributed by atoms with E-state index in [-0.39, 0.29) is 6.04 Å². The predicted molar refractivity (Wildman–Crippen MR) is 62.4 cm³/mol. The second-order valence-electron chi connectivity index (χ2n) is 4.47. The highest BCUT2D eigenvalue weighted by molar-refractivity contribution is 5.58. The van der Waals surface area contributed by atoms with Crippen LogP contribution in [0.2, 0.25) is 0 Å². The number of hydrogen-bond donors (Lipinski definition) is 1. The number of rotatable bonds is 2. The third-order valence-corrected chi connectivity index (χ3v) is 3.15. The van der Waals surface area contributed by atoms with Crippen LogP contribution in [0.3, 0.4) is 0 Å². The van der Waals surface area contributed by atoms with Crippen LogP contribution in [0.4, 0.5) is 13.2 Å². The maximum atomic E-state index is 12.4. The Morgan fingerprint density at radius 3 is 2.37 bits per heavy atom. The molecule has 2 aromatic rings. The van der Waals surface area contributed by atoms with Gasteiger partial charge in [0.15, 0.2) is 0 Å². The minimum atomic E-state index is -4.31. The maximum Gasteiger partial charge on any atom is 0.416 e. The van der Waals surface area contributed by atoms with E-state index in [0.29, 0.717) is 11.3 Å². The highest BCUT2D eigenvalue weighted by Crippen LogP contribution is 2.30. The van der Waals surface area contributed by atoms with Gasteiger partial charge in [0.25, 0.3) is 0 Å². The predicted octanol–water partition coefficient (Wildman–Crippen LogP) is 2.11. The highest BCUT2D eigenvalue weighted by atomic mass is 19.4. The summed E-state index contributed by atoms with van der Waals surface area (Å²) in [5, 5.41) is 11.1. The average molecular weight is 268 g/mol. The largest absolute Gasteiger partial charge is 0.416 e. The van der Waals surface area contributed by atoms with Crippen LogP contribution in [0.5, 0.6) is 0 Å². The van der Waals surface area contributed by atoms with Crippen LogP contribution in [0, 0.1) is 0 Å². The number of halogens is 3. The summed E-state index contributed by atoms with van der Waals surface area (Å²) in [6.45, 7) is 1.69. The van der Waals surface area contributed by atoms with Crippen LogP contribution in [-0.2, 0) is 6.18 Å². The van der Waals surface area contributed by atoms with Crippen molar-refractivity contribution in [3.8, 4) is 11.3 Å². The number of nitrogens with zero attached hydrogens (tertiary/aromatic N) is 3. The number of hydrogen-bond acceptors (Lipinski definition) is 3. The molecule has 7 heteroatoms. The van der Waals surface area contributed by atoms with E-state index in [4.69, 9.17) is 0 Å². The van der Waals surface area contributed by atoms with Crippen LogP contribution >= 0.6 is 0 Å². The summed E-state index contributed by atoms with van der Waals surface area (Å²) in [6.07, 6.45) is -2.55. The average Bonchev–Trinajstić information content (AvgIpc) is 2.75. The molecule has 0 bridgehead atoms. The molecular weight excluding hydrogens is 257 g/mol. The molecule has 1 saturated heterocycles. The van der Waals surface area contributed by atoms with Crippen molar-refractivity contribution in [2.45, 2.75) is 12.2 Å². The Balaban J connectivity index is 1.83. The fraction of sp³-hybridized carbons (Fsp3) is 0.333. The van der Waals surface area contributed by atoms with Crippen molar-refractivity contribution in [2.75, 3.05) is 13.1 Å². The van der Waals surface area contributed by atoms with Crippen molar-refractivity contribution in [1.29, 1.82) is 0 Å². The standard InChI is InChI=1S/C12H11F3N4/c13-12(14,15)9-3-1-8(2-4-9)11-7-19(18-17-11)10-5-16-6-10/h1-4,7,10,16H,5-6H2. The quantitative estimate of drug-likeness (QED) is 0.907. The Morgan fingerprint density at radius 2 is 1.84 bits per heavy atom. The van der Waals surface area contributed by atoms with E-state index in [1.807, 2.05) is 0 Å². The molecule has 100 valence electrons. The summed E-state index contributed by atoms with van der Waals surface area (Å²) < 4.78 is 39.1. The van der Waals surface area contributed by atoms with E-state index in [1.54, 1.807) is 10.9 Å². The fourth-order valence-electron chi connectivity index (χ4n) is 1.88. The van der Waals surface area contributed by atoms with Gasteiger partial charge in [0.05, 0.1) is 17.8 Å². The molecule has 0 atom stereocenters. The van der Waals surface area contributed by atoms with Gasteiger partial charge in [0.1, 0.15) is 5.69 Å². The van der Waals surface area contributed by atoms with Gasteiger partial charge in [-0.1, -0.05) is 17.3 Å². The van der Waals surface area contributed by atoms with Gasteiger partial charge in [-0.2, -0.15) is 13.2 Å². The number of nitrogens with one attached hydrogen (secondary N) is 1. The number of benzene rings is 1. The lowest BCUT2D eigenvalue weighted by Gasteiger charge is -2.26. The minimum Gasteiger partial charge on any atom is -0.312 e. The maximum absolute atomic E-state index is 12.4. The zero-order valence-corrected chi connectivity index (χ0v) is 9.85. The number of aromatic nitrogens is 3. The first kappa shape index (κ1) is 12.2. The Labute approximate surface area is 107 Å². The van der Waals surface area contributed by atoms with Gasteiger partial charge >= 0.3 is 6.18 Å². The first-order valence-corrected chi connectivity index (χ1v) is 5.84. The van der Waals surface area contributed by atoms with E-state index in [1.165, 1.54) is 12.1 Å². The van der Waals surface area contributed by atoms with E-state index in [2.05, 4.69) is 15.6 Å². The molecule has 2 heterocycles. The number of alkyl halides is 3. The lowest BCUT2D eigenvalue weighted by atomic mass is 10.1. The minimum absolute atomic E-state index is 0.288. The smallest absolute Gasteiger partial charge is 0.312 e. The SMILES string of the molecule is FC(F)(F)c1ccc(-c2cn(C3CNC3)nn2)cc1. The van der Waals surface area contributed by atoms with Crippen molar-refractivity contribution in [1.82, 2.24) is 20.3 Å². The topological polar surface area (TPSA) is 42.7 Å². The molecule has 3 rings (SSSR count). The lowest BCUT2D eigenvalue weighted by Crippen LogP contribution is -2.43. The van der Waals surface area contributed by atoms with Crippen LogP contribution in [0.25, 0.3) is 11.3 Å². The van der Waals surface area contributed by atoms with E-state index >= 15 is 0 Å². The van der Waals surface area contributed by atoms with Crippen LogP contribution in [-0.4, -0.2) is 28.1 Å². The van der Waals surface area contributed by atoms with Gasteiger partial charge < -0.3 is 5.32 Å². The molecule has 0 amide bonds. The monoisotopic (exact) mass is 268 g/mol. The summed E-state index contributed by atoms with van der Waals surface area (Å²) >= 11 is 0. The molecule has 1 aromatic heterocycles. The van der Waals surface area contributed by atoms with Gasteiger partial charge in [0, 0.05) is 18.7 Å². The molecule has 0 radical (unpaired) electrons. The molecule has 1 aromatic carbocycles. The zero-order valence-electron chi connectivity index (χ0n) is 9.85. The Morgan fingerprint density at radius 1 is 1.16 bits per heavy atom. The van der Waals surface area contributed by atoms with Crippen LogP contribution in [0.15, 0.2) is 30.5 Å². The van der Waals surface area contributed by atoms with E-state index < -0.39 is 11.7 Å². The van der Waals surface area contributed by atoms with Crippen molar-refractivity contribution in [3.63, 3.8) is 0 Å². The Kier molecular flexibility index (Phi) is 2.78. The van der Waals surface area contributed by atoms with Crippen molar-refractivity contribution in [2.24, 2.45) is 0 Å². The van der Waals surface area contributed by atoms with Gasteiger partial charge in [0.2, 0.25) is 0 Å². The molecule has 4 nitrogen and oxygen atoms in total. The molecule has 19 heavy (non-hydrogen) atoms. The van der Waals surface area contributed by atoms with E-state index in [9.17, 15) is 13.2 Å². The third-order valence-electron chi connectivity index (χ3n) is 3.15. The summed E-state index contributed by atoms with van der Waals surface area (Å²) in [4.78, 5) is 0. The molecule has 0 aliphatic carbocycles. The first-order valence-electron chi connectivity index (χ1n) is 5.84. The summed E-state index contributed by atoms with van der Waals surface area (Å²) in [6, 6.07) is 5.22. The van der Waals surface area contributed by atoms with Crippen molar-refractivity contribution < 1.29 is 13.2 Å². The second-order valence-corrected chi connectivity index (χ2v) is 4.47. The summed E-state index contributed by atoms with van der Waals surface area (Å²) in [5.41, 5.74) is 0.555. The first-order chi connectivity index (χ1) is 9.04. The fourth-order valence-corrected chi connectivity index (χ4v) is 1.88. The van der Waals surface area contributed by atoms with E-state index in [0.717, 1.165) is 25.2 Å². The van der Waals surface area contributed by atoms with Crippen molar-refractivity contribution in [3.05, 3.63) is 36.0 Å².